The number of hydrogen-bond donors (Lipinski definition) is 0. The minimum atomic E-state index is 0.464. The van der Waals surface area contributed by atoms with Crippen LogP contribution in [0.2, 0.25) is 0 Å². The van der Waals surface area contributed by atoms with Crippen LogP contribution in [0.15, 0.2) is 22.8 Å². The van der Waals surface area contributed by atoms with Gasteiger partial charge in [-0.25, -0.2) is 0 Å². The topological polar surface area (TPSA) is 0 Å². The highest BCUT2D eigenvalue weighted by atomic mass is 14.7. The van der Waals surface area contributed by atoms with Gasteiger partial charge in [-0.2, -0.15) is 0 Å². The van der Waals surface area contributed by atoms with E-state index >= 15 is 0 Å². The van der Waals surface area contributed by atoms with E-state index in [1.807, 2.05) is 11.1 Å². The molecule has 0 spiro atoms. The molecule has 0 aromatic carbocycles. The van der Waals surface area contributed by atoms with Crippen molar-refractivity contribution in [3.63, 3.8) is 0 Å². The first kappa shape index (κ1) is 22.7. The Morgan fingerprint density at radius 3 is 2.37 bits per heavy atom. The Kier molecular flexibility index (Phi) is 5.68. The molecular formula is C30H50. The van der Waals surface area contributed by atoms with E-state index in [4.69, 9.17) is 0 Å². The van der Waals surface area contributed by atoms with Gasteiger partial charge >= 0.3 is 0 Å². The molecule has 0 aliphatic heterocycles. The summed E-state index contributed by atoms with van der Waals surface area (Å²) in [5.41, 5.74) is 7.42. The van der Waals surface area contributed by atoms with Crippen molar-refractivity contribution in [2.75, 3.05) is 0 Å². The standard InChI is InChI=1S/C30H50/c1-21(2)11-9-12-22(3)23-15-19-30(8)25-13-14-26-27(4,5)17-10-18-28(26,6)24(25)16-20-29(23,30)7/h11,22-23,26H,9-10,12-20H2,1-8H3/t22-,23-,26+,28-,29-,30+/m1/s1. The quantitative estimate of drug-likeness (QED) is 0.405. The van der Waals surface area contributed by atoms with Gasteiger partial charge in [0.2, 0.25) is 0 Å². The molecule has 0 nitrogen and oxygen atoms in total. The van der Waals surface area contributed by atoms with Gasteiger partial charge in [0.05, 0.1) is 0 Å². The summed E-state index contributed by atoms with van der Waals surface area (Å²) < 4.78 is 0. The summed E-state index contributed by atoms with van der Waals surface area (Å²) in [5, 5.41) is 0. The maximum absolute atomic E-state index is 2.71. The van der Waals surface area contributed by atoms with Crippen LogP contribution in [0.5, 0.6) is 0 Å². The Labute approximate surface area is 188 Å². The van der Waals surface area contributed by atoms with Crippen molar-refractivity contribution >= 4 is 0 Å². The average Bonchev–Trinajstić information content (AvgIpc) is 2.92. The zero-order valence-electron chi connectivity index (χ0n) is 21.6. The molecule has 0 aromatic rings. The van der Waals surface area contributed by atoms with Gasteiger partial charge in [-0.1, -0.05) is 70.8 Å². The third kappa shape index (κ3) is 3.21. The molecule has 0 saturated heterocycles. The van der Waals surface area contributed by atoms with Crippen LogP contribution in [0.3, 0.4) is 0 Å². The number of rotatable bonds is 4. The SMILES string of the molecule is CC(C)=CCC[C@@H](C)[C@H]1CC[C@@]2(C)C3=C(CC[C@]12C)[C@@]1(C)CCCC(C)(C)[C@@H]1CC3. The Morgan fingerprint density at radius 2 is 1.67 bits per heavy atom. The predicted molar refractivity (Wildman–Crippen MR) is 131 cm³/mol. The molecule has 0 unspecified atom stereocenters. The normalized spacial score (nSPS) is 43.5. The first-order valence-electron chi connectivity index (χ1n) is 13.3. The number of fused-ring (bicyclic) bond motifs is 4. The fraction of sp³-hybridized carbons (Fsp3) is 0.867. The second kappa shape index (κ2) is 7.52. The second-order valence-corrected chi connectivity index (χ2v) is 13.5. The monoisotopic (exact) mass is 410 g/mol. The highest BCUT2D eigenvalue weighted by molar-refractivity contribution is 5.38. The predicted octanol–water partition coefficient (Wildman–Crippen LogP) is 9.51. The Hall–Kier alpha value is -0.520. The van der Waals surface area contributed by atoms with E-state index in [1.165, 1.54) is 76.2 Å². The largest absolute Gasteiger partial charge is 0.0859 e. The molecule has 4 aliphatic carbocycles. The molecule has 6 atom stereocenters. The lowest BCUT2D eigenvalue weighted by Gasteiger charge is -2.61. The summed E-state index contributed by atoms with van der Waals surface area (Å²) in [7, 11) is 0. The smallest absolute Gasteiger partial charge is 0.00568 e. The van der Waals surface area contributed by atoms with Gasteiger partial charge < -0.3 is 0 Å². The van der Waals surface area contributed by atoms with Crippen LogP contribution >= 0.6 is 0 Å². The Bertz CT molecular complexity index is 731. The molecule has 2 saturated carbocycles. The molecule has 0 amide bonds. The van der Waals surface area contributed by atoms with Crippen LogP contribution in [0, 0.1) is 39.4 Å². The van der Waals surface area contributed by atoms with E-state index in [1.54, 1.807) is 0 Å². The van der Waals surface area contributed by atoms with Gasteiger partial charge in [0.25, 0.3) is 0 Å². The molecule has 0 N–H and O–H groups in total. The van der Waals surface area contributed by atoms with Crippen molar-refractivity contribution in [2.45, 2.75) is 126 Å². The summed E-state index contributed by atoms with van der Waals surface area (Å²) >= 11 is 0. The van der Waals surface area contributed by atoms with Crippen molar-refractivity contribution in [1.29, 1.82) is 0 Å². The molecule has 4 rings (SSSR count). The van der Waals surface area contributed by atoms with E-state index in [0.717, 1.165) is 17.8 Å². The number of allylic oxidation sites excluding steroid dienone is 4. The van der Waals surface area contributed by atoms with E-state index < -0.39 is 0 Å². The number of hydrogen-bond acceptors (Lipinski definition) is 0. The van der Waals surface area contributed by atoms with Crippen LogP contribution < -0.4 is 0 Å². The van der Waals surface area contributed by atoms with Crippen LogP contribution in [0.1, 0.15) is 126 Å². The van der Waals surface area contributed by atoms with Crippen molar-refractivity contribution in [2.24, 2.45) is 39.4 Å². The van der Waals surface area contributed by atoms with Gasteiger partial charge in [-0.3, -0.25) is 0 Å². The van der Waals surface area contributed by atoms with E-state index in [-0.39, 0.29) is 0 Å². The van der Waals surface area contributed by atoms with E-state index in [0.29, 0.717) is 21.7 Å². The van der Waals surface area contributed by atoms with Gasteiger partial charge in [-0.05, 0) is 117 Å². The maximum atomic E-state index is 2.71. The Balaban J connectivity index is 1.64. The second-order valence-electron chi connectivity index (χ2n) is 13.5. The lowest BCUT2D eigenvalue weighted by Crippen LogP contribution is -2.51. The summed E-state index contributed by atoms with van der Waals surface area (Å²) in [6.45, 7) is 20.3. The summed E-state index contributed by atoms with van der Waals surface area (Å²) in [5.74, 6) is 2.68. The molecule has 0 aromatic heterocycles. The molecule has 0 radical (unpaired) electrons. The molecule has 30 heavy (non-hydrogen) atoms. The van der Waals surface area contributed by atoms with Crippen molar-refractivity contribution in [1.82, 2.24) is 0 Å². The first-order valence-corrected chi connectivity index (χ1v) is 13.3. The minimum Gasteiger partial charge on any atom is -0.0859 e. The van der Waals surface area contributed by atoms with Gasteiger partial charge in [0, 0.05) is 0 Å². The lowest BCUT2D eigenvalue weighted by atomic mass is 9.43. The highest BCUT2D eigenvalue weighted by Gasteiger charge is 2.62. The molecular weight excluding hydrogens is 360 g/mol. The van der Waals surface area contributed by atoms with Crippen LogP contribution in [-0.4, -0.2) is 0 Å². The lowest BCUT2D eigenvalue weighted by molar-refractivity contribution is -0.0199. The summed E-state index contributed by atoms with van der Waals surface area (Å²) in [6.07, 6.45) is 18.1. The first-order chi connectivity index (χ1) is 14.0. The van der Waals surface area contributed by atoms with Gasteiger partial charge in [-0.15, -0.1) is 0 Å². The molecule has 4 aliphatic rings. The van der Waals surface area contributed by atoms with Crippen LogP contribution in [0.25, 0.3) is 0 Å². The van der Waals surface area contributed by atoms with Crippen molar-refractivity contribution < 1.29 is 0 Å². The Morgan fingerprint density at radius 1 is 0.933 bits per heavy atom. The fourth-order valence-electron chi connectivity index (χ4n) is 9.57. The third-order valence-corrected chi connectivity index (χ3v) is 11.4. The molecule has 170 valence electrons. The zero-order valence-corrected chi connectivity index (χ0v) is 21.6. The van der Waals surface area contributed by atoms with E-state index in [9.17, 15) is 0 Å². The highest BCUT2D eigenvalue weighted by Crippen LogP contribution is 2.72. The molecule has 0 heteroatoms. The van der Waals surface area contributed by atoms with Crippen LogP contribution in [-0.2, 0) is 0 Å². The fourth-order valence-corrected chi connectivity index (χ4v) is 9.57. The van der Waals surface area contributed by atoms with Gasteiger partial charge in [0.1, 0.15) is 0 Å². The van der Waals surface area contributed by atoms with E-state index in [2.05, 4.69) is 61.5 Å². The molecule has 0 heterocycles. The summed E-state index contributed by atoms with van der Waals surface area (Å²) in [6, 6.07) is 0. The van der Waals surface area contributed by atoms with Crippen molar-refractivity contribution in [3.05, 3.63) is 22.8 Å². The zero-order chi connectivity index (χ0) is 21.9. The minimum absolute atomic E-state index is 0.464. The third-order valence-electron chi connectivity index (χ3n) is 11.4. The van der Waals surface area contributed by atoms with Gasteiger partial charge in [0.15, 0.2) is 0 Å². The molecule has 0 bridgehead atoms. The van der Waals surface area contributed by atoms with Crippen LogP contribution in [0.4, 0.5) is 0 Å². The average molecular weight is 411 g/mol. The summed E-state index contributed by atoms with van der Waals surface area (Å²) in [4.78, 5) is 0. The van der Waals surface area contributed by atoms with Crippen molar-refractivity contribution in [3.8, 4) is 0 Å². The maximum Gasteiger partial charge on any atom is -0.00568 e. The molecule has 2 fully saturated rings.